The number of ether oxygens (including phenoxy) is 2. The number of allylic oxidation sites excluding steroid dienone is 3. The number of rotatable bonds is 7. The number of fused-ring (bicyclic) bond motifs is 1. The predicted molar refractivity (Wildman–Crippen MR) is 98.6 cm³/mol. The van der Waals surface area contributed by atoms with Crippen LogP contribution in [-0.4, -0.2) is 18.8 Å². The Morgan fingerprint density at radius 1 is 1.20 bits per heavy atom. The number of para-hydroxylation sites is 1. The van der Waals surface area contributed by atoms with Gasteiger partial charge in [0, 0.05) is 0 Å². The van der Waals surface area contributed by atoms with Crippen molar-refractivity contribution in [2.75, 3.05) is 13.7 Å². The van der Waals surface area contributed by atoms with Gasteiger partial charge < -0.3 is 19.0 Å². The van der Waals surface area contributed by atoms with E-state index in [9.17, 15) is 9.90 Å². The molecule has 5 heteroatoms. The Hall–Kier alpha value is -2.69. The van der Waals surface area contributed by atoms with Gasteiger partial charge in [-0.05, 0) is 51.8 Å². The van der Waals surface area contributed by atoms with Crippen molar-refractivity contribution in [1.82, 2.24) is 0 Å². The molecule has 0 aliphatic heterocycles. The van der Waals surface area contributed by atoms with Crippen LogP contribution in [0.15, 0.2) is 50.7 Å². The Bertz CT molecular complexity index is 854. The second kappa shape index (κ2) is 8.42. The molecule has 1 aromatic heterocycles. The number of hydrogen-bond acceptors (Lipinski definition) is 5. The van der Waals surface area contributed by atoms with Crippen molar-refractivity contribution in [2.45, 2.75) is 33.6 Å². The van der Waals surface area contributed by atoms with Gasteiger partial charge in [-0.25, -0.2) is 4.79 Å². The Kier molecular flexibility index (Phi) is 6.28. The van der Waals surface area contributed by atoms with Gasteiger partial charge in [0.25, 0.3) is 0 Å². The molecule has 1 heterocycles. The lowest BCUT2D eigenvalue weighted by molar-refractivity contribution is 0.314. The van der Waals surface area contributed by atoms with Crippen LogP contribution in [0.3, 0.4) is 0 Å². The van der Waals surface area contributed by atoms with Crippen LogP contribution in [-0.2, 0) is 0 Å². The highest BCUT2D eigenvalue weighted by atomic mass is 16.5. The predicted octanol–water partition coefficient (Wildman–Crippen LogP) is 4.58. The minimum atomic E-state index is -0.684. The molecular weight excluding hydrogens is 320 g/mol. The third-order valence-electron chi connectivity index (χ3n) is 3.78. The first-order valence-corrected chi connectivity index (χ1v) is 8.18. The summed E-state index contributed by atoms with van der Waals surface area (Å²) in [5.41, 5.74) is 1.91. The monoisotopic (exact) mass is 344 g/mol. The van der Waals surface area contributed by atoms with E-state index >= 15 is 0 Å². The first kappa shape index (κ1) is 18.6. The molecule has 5 nitrogen and oxygen atoms in total. The molecule has 0 atom stereocenters. The van der Waals surface area contributed by atoms with Crippen molar-refractivity contribution >= 4 is 11.0 Å². The van der Waals surface area contributed by atoms with E-state index in [2.05, 4.69) is 19.9 Å². The summed E-state index contributed by atoms with van der Waals surface area (Å²) in [6.45, 7) is 6.50. The minimum Gasteiger partial charge on any atom is -0.504 e. The maximum absolute atomic E-state index is 12.0. The number of methoxy groups -OCH3 is 1. The van der Waals surface area contributed by atoms with Gasteiger partial charge in [0.15, 0.2) is 17.1 Å². The fraction of sp³-hybridized carbons (Fsp3) is 0.350. The Balaban J connectivity index is 2.24. The van der Waals surface area contributed by atoms with Crippen molar-refractivity contribution < 1.29 is 19.0 Å². The summed E-state index contributed by atoms with van der Waals surface area (Å²) in [6, 6.07) is 4.82. The van der Waals surface area contributed by atoms with Crippen LogP contribution in [0, 0.1) is 0 Å². The molecule has 0 aliphatic rings. The molecule has 1 N–H and O–H groups in total. The molecule has 0 bridgehead atoms. The molecule has 134 valence electrons. The number of aromatic hydroxyl groups is 1. The number of phenols is 1. The van der Waals surface area contributed by atoms with Crippen LogP contribution in [0.2, 0.25) is 0 Å². The molecule has 0 radical (unpaired) electrons. The van der Waals surface area contributed by atoms with Crippen molar-refractivity contribution in [3.63, 3.8) is 0 Å². The Morgan fingerprint density at radius 3 is 2.64 bits per heavy atom. The largest absolute Gasteiger partial charge is 0.504 e. The van der Waals surface area contributed by atoms with E-state index in [0.29, 0.717) is 12.0 Å². The number of hydrogen-bond donors (Lipinski definition) is 1. The van der Waals surface area contributed by atoms with Gasteiger partial charge in [0.1, 0.15) is 6.61 Å². The van der Waals surface area contributed by atoms with Crippen LogP contribution < -0.4 is 15.1 Å². The molecule has 0 saturated heterocycles. The minimum absolute atomic E-state index is 0.00584. The molecule has 0 aliphatic carbocycles. The van der Waals surface area contributed by atoms with Crippen LogP contribution in [0.4, 0.5) is 0 Å². The summed E-state index contributed by atoms with van der Waals surface area (Å²) in [5, 5.41) is 10.4. The maximum Gasteiger partial charge on any atom is 0.383 e. The molecule has 2 rings (SSSR count). The summed E-state index contributed by atoms with van der Waals surface area (Å²) in [7, 11) is 1.38. The summed E-state index contributed by atoms with van der Waals surface area (Å²) in [4.78, 5) is 12.0. The highest BCUT2D eigenvalue weighted by molar-refractivity contribution is 5.89. The van der Waals surface area contributed by atoms with Gasteiger partial charge in [0.05, 0.1) is 12.5 Å². The summed E-state index contributed by atoms with van der Waals surface area (Å²) in [6.07, 6.45) is 6.10. The molecule has 25 heavy (non-hydrogen) atoms. The first-order chi connectivity index (χ1) is 11.9. The summed E-state index contributed by atoms with van der Waals surface area (Å²) in [5.74, 6) is 0.155. The van der Waals surface area contributed by atoms with Crippen molar-refractivity contribution in [3.05, 3.63) is 51.9 Å². The van der Waals surface area contributed by atoms with E-state index < -0.39 is 5.63 Å². The normalized spacial score (nSPS) is 11.4. The SMILES string of the molecule is COc1c(OCC=C(C)CCC=C(C)C)c2cccc(O)c2oc1=O. The van der Waals surface area contributed by atoms with E-state index in [1.165, 1.54) is 24.3 Å². The molecule has 0 amide bonds. The molecule has 2 aromatic rings. The van der Waals surface area contributed by atoms with Gasteiger partial charge >= 0.3 is 5.63 Å². The van der Waals surface area contributed by atoms with Crippen LogP contribution in [0.5, 0.6) is 17.2 Å². The zero-order valence-electron chi connectivity index (χ0n) is 15.1. The average molecular weight is 344 g/mol. The quantitative estimate of drug-likeness (QED) is 0.588. The van der Waals surface area contributed by atoms with E-state index in [-0.39, 0.29) is 22.8 Å². The topological polar surface area (TPSA) is 68.9 Å². The zero-order chi connectivity index (χ0) is 18.4. The van der Waals surface area contributed by atoms with Crippen LogP contribution in [0.25, 0.3) is 11.0 Å². The molecule has 0 spiro atoms. The molecule has 0 saturated carbocycles. The third kappa shape index (κ3) is 4.66. The van der Waals surface area contributed by atoms with Crippen molar-refractivity contribution in [3.8, 4) is 17.2 Å². The van der Waals surface area contributed by atoms with E-state index in [0.717, 1.165) is 12.8 Å². The van der Waals surface area contributed by atoms with E-state index in [4.69, 9.17) is 13.9 Å². The fourth-order valence-electron chi connectivity index (χ4n) is 2.44. The lowest BCUT2D eigenvalue weighted by Crippen LogP contribution is -2.08. The second-order valence-electron chi connectivity index (χ2n) is 6.09. The van der Waals surface area contributed by atoms with Gasteiger partial charge in [0.2, 0.25) is 5.75 Å². The van der Waals surface area contributed by atoms with Crippen molar-refractivity contribution in [1.29, 1.82) is 0 Å². The van der Waals surface area contributed by atoms with Crippen molar-refractivity contribution in [2.24, 2.45) is 0 Å². The molecular formula is C20H24O5. The molecule has 0 fully saturated rings. The van der Waals surface area contributed by atoms with Gasteiger partial charge in [-0.1, -0.05) is 23.3 Å². The average Bonchev–Trinajstić information content (AvgIpc) is 2.55. The van der Waals surface area contributed by atoms with Crippen LogP contribution in [0.1, 0.15) is 33.6 Å². The fourth-order valence-corrected chi connectivity index (χ4v) is 2.44. The number of phenolic OH excluding ortho intramolecular Hbond substituents is 1. The summed E-state index contributed by atoms with van der Waals surface area (Å²) < 4.78 is 16.0. The lowest BCUT2D eigenvalue weighted by atomic mass is 10.1. The maximum atomic E-state index is 12.0. The van der Waals surface area contributed by atoms with Gasteiger partial charge in [-0.2, -0.15) is 0 Å². The van der Waals surface area contributed by atoms with E-state index in [1.807, 2.05) is 13.0 Å². The molecule has 1 aromatic carbocycles. The second-order valence-corrected chi connectivity index (χ2v) is 6.09. The molecule has 0 unspecified atom stereocenters. The summed E-state index contributed by atoms with van der Waals surface area (Å²) >= 11 is 0. The van der Waals surface area contributed by atoms with E-state index in [1.54, 1.807) is 12.1 Å². The van der Waals surface area contributed by atoms with Crippen LogP contribution >= 0.6 is 0 Å². The Labute approximate surface area is 147 Å². The van der Waals surface area contributed by atoms with Gasteiger partial charge in [-0.3, -0.25) is 0 Å². The standard InChI is InChI=1S/C20H24O5/c1-13(2)7-5-8-14(3)11-12-24-18-15-9-6-10-16(21)17(15)25-20(22)19(18)23-4/h6-7,9-11,21H,5,8,12H2,1-4H3. The zero-order valence-corrected chi connectivity index (χ0v) is 15.1. The third-order valence-corrected chi connectivity index (χ3v) is 3.78. The smallest absolute Gasteiger partial charge is 0.383 e. The number of benzene rings is 1. The lowest BCUT2D eigenvalue weighted by Gasteiger charge is -2.11. The van der Waals surface area contributed by atoms with Gasteiger partial charge in [-0.15, -0.1) is 0 Å². The first-order valence-electron chi connectivity index (χ1n) is 8.18. The Morgan fingerprint density at radius 2 is 1.96 bits per heavy atom. The highest BCUT2D eigenvalue weighted by Gasteiger charge is 2.18. The highest BCUT2D eigenvalue weighted by Crippen LogP contribution is 2.36.